The van der Waals surface area contributed by atoms with Crippen LogP contribution in [0.2, 0.25) is 0 Å². The first-order valence-corrected chi connectivity index (χ1v) is 9.31. The molecule has 7 heteroatoms. The van der Waals surface area contributed by atoms with E-state index in [1.54, 1.807) is 25.1 Å². The van der Waals surface area contributed by atoms with Crippen LogP contribution in [0.3, 0.4) is 0 Å². The number of rotatable bonds is 6. The van der Waals surface area contributed by atoms with Gasteiger partial charge in [-0.15, -0.1) is 0 Å². The van der Waals surface area contributed by atoms with Crippen LogP contribution >= 0.6 is 0 Å². The first kappa shape index (κ1) is 17.7. The van der Waals surface area contributed by atoms with Crippen molar-refractivity contribution in [2.24, 2.45) is 5.92 Å². The number of carbonyl (C=O) groups excluding carboxylic acids is 1. The van der Waals surface area contributed by atoms with Crippen LogP contribution < -0.4 is 15.8 Å². The Balaban J connectivity index is 1.58. The highest BCUT2D eigenvalue weighted by molar-refractivity contribution is 5.92. The number of anilines is 1. The lowest BCUT2D eigenvalue weighted by molar-refractivity contribution is 0.0926. The molecule has 1 aromatic heterocycles. The zero-order valence-corrected chi connectivity index (χ0v) is 15.5. The first-order valence-electron chi connectivity index (χ1n) is 9.31. The second kappa shape index (κ2) is 6.79. The van der Waals surface area contributed by atoms with Crippen LogP contribution in [0.1, 0.15) is 59.3 Å². The maximum Gasteiger partial charge on any atom is 0.270 e. The van der Waals surface area contributed by atoms with Crippen molar-refractivity contribution < 1.29 is 9.18 Å². The van der Waals surface area contributed by atoms with Crippen LogP contribution in [0.5, 0.6) is 0 Å². The highest BCUT2D eigenvalue weighted by Gasteiger charge is 2.35. The molecule has 2 saturated carbocycles. The fourth-order valence-corrected chi connectivity index (χ4v) is 3.35. The molecule has 2 N–H and O–H groups in total. The van der Waals surface area contributed by atoms with Crippen molar-refractivity contribution in [3.05, 3.63) is 57.3 Å². The largest absolute Gasteiger partial charge is 0.348 e. The molecule has 1 aromatic carbocycles. The number of amides is 1. The van der Waals surface area contributed by atoms with E-state index in [1.165, 1.54) is 6.07 Å². The van der Waals surface area contributed by atoms with Gasteiger partial charge in [0.2, 0.25) is 5.95 Å². The lowest BCUT2D eigenvalue weighted by Gasteiger charge is -2.20. The number of H-pyrrole nitrogens is 1. The summed E-state index contributed by atoms with van der Waals surface area (Å²) in [5.41, 5.74) is 1.21. The van der Waals surface area contributed by atoms with E-state index in [2.05, 4.69) is 15.3 Å². The summed E-state index contributed by atoms with van der Waals surface area (Å²) in [6.07, 6.45) is 4.06. The maximum atomic E-state index is 14.5. The molecule has 1 amide bonds. The number of aromatic amines is 1. The van der Waals surface area contributed by atoms with Gasteiger partial charge in [0, 0.05) is 20.2 Å². The third-order valence-electron chi connectivity index (χ3n) is 5.17. The van der Waals surface area contributed by atoms with Crippen molar-refractivity contribution in [1.82, 2.24) is 15.3 Å². The Bertz CT molecular complexity index is 932. The topological polar surface area (TPSA) is 78.1 Å². The summed E-state index contributed by atoms with van der Waals surface area (Å²) in [5, 5.41) is 2.96. The molecule has 1 heterocycles. The average molecular weight is 370 g/mol. The molecule has 6 nitrogen and oxygen atoms in total. The van der Waals surface area contributed by atoms with Gasteiger partial charge in [0.15, 0.2) is 0 Å². The van der Waals surface area contributed by atoms with Gasteiger partial charge in [0.25, 0.3) is 11.5 Å². The fraction of sp³-hybridized carbons (Fsp3) is 0.450. The summed E-state index contributed by atoms with van der Waals surface area (Å²) < 4.78 is 14.5. The van der Waals surface area contributed by atoms with E-state index < -0.39 is 5.91 Å². The number of nitrogens with one attached hydrogen (secondary N) is 2. The Labute approximate surface area is 156 Å². The lowest BCUT2D eigenvalue weighted by atomic mass is 9.99. The molecule has 2 aliphatic rings. The molecule has 142 valence electrons. The van der Waals surface area contributed by atoms with Crippen molar-refractivity contribution in [3.8, 4) is 0 Å². The molecule has 2 aromatic rings. The third kappa shape index (κ3) is 3.86. The number of nitrogens with zero attached hydrogens (tertiary/aromatic N) is 2. The smallest absolute Gasteiger partial charge is 0.270 e. The van der Waals surface area contributed by atoms with E-state index >= 15 is 0 Å². The van der Waals surface area contributed by atoms with Gasteiger partial charge in [-0.3, -0.25) is 14.6 Å². The molecule has 0 saturated heterocycles. The summed E-state index contributed by atoms with van der Waals surface area (Å²) in [7, 11) is 3.47. The van der Waals surface area contributed by atoms with Crippen LogP contribution in [0.25, 0.3) is 0 Å². The van der Waals surface area contributed by atoms with Gasteiger partial charge in [0.1, 0.15) is 11.5 Å². The molecular weight excluding hydrogens is 347 g/mol. The molecule has 0 spiro atoms. The predicted molar refractivity (Wildman–Crippen MR) is 100 cm³/mol. The average Bonchev–Trinajstić information content (AvgIpc) is 3.52. The van der Waals surface area contributed by atoms with E-state index in [-0.39, 0.29) is 29.0 Å². The van der Waals surface area contributed by atoms with Crippen LogP contribution in [-0.2, 0) is 0 Å². The molecule has 0 unspecified atom stereocenters. The van der Waals surface area contributed by atoms with Gasteiger partial charge < -0.3 is 10.2 Å². The monoisotopic (exact) mass is 370 g/mol. The van der Waals surface area contributed by atoms with Gasteiger partial charge in [-0.1, -0.05) is 12.1 Å². The SMILES string of the molecule is CN(C)c1nc(C(=O)N[C@@H](c2ccc(C3CC3)c(F)c2)C2CC2)cc(=O)[nH]1. The summed E-state index contributed by atoms with van der Waals surface area (Å²) in [6.45, 7) is 0. The van der Waals surface area contributed by atoms with Crippen LogP contribution in [0.15, 0.2) is 29.1 Å². The minimum absolute atomic E-state index is 0.0585. The zero-order chi connectivity index (χ0) is 19.1. The molecule has 0 radical (unpaired) electrons. The molecule has 27 heavy (non-hydrogen) atoms. The number of hydrogen-bond acceptors (Lipinski definition) is 4. The molecule has 2 aliphatic carbocycles. The highest BCUT2D eigenvalue weighted by Crippen LogP contribution is 2.44. The lowest BCUT2D eigenvalue weighted by Crippen LogP contribution is -2.32. The quantitative estimate of drug-likeness (QED) is 0.820. The van der Waals surface area contributed by atoms with Gasteiger partial charge in [0.05, 0.1) is 6.04 Å². The second-order valence-electron chi connectivity index (χ2n) is 7.69. The first-order chi connectivity index (χ1) is 12.9. The Morgan fingerprint density at radius 1 is 1.26 bits per heavy atom. The summed E-state index contributed by atoms with van der Waals surface area (Å²) in [5.74, 6) is 0.329. The standard InChI is InChI=1S/C20H23FN4O2/c1-25(2)20-22-16(10-17(26)23-20)19(27)24-18(12-5-6-12)13-7-8-14(11-3-4-11)15(21)9-13/h7-12,18H,3-6H2,1-2H3,(H,24,27)(H,22,23,26)/t18-/m1/s1. The number of carbonyl (C=O) groups is 1. The summed E-state index contributed by atoms with van der Waals surface area (Å²) in [4.78, 5) is 33.0. The Kier molecular flexibility index (Phi) is 4.45. The number of aromatic nitrogens is 2. The molecule has 0 aliphatic heterocycles. The predicted octanol–water partition coefficient (Wildman–Crippen LogP) is 2.73. The maximum absolute atomic E-state index is 14.5. The number of benzene rings is 1. The molecular formula is C20H23FN4O2. The minimum Gasteiger partial charge on any atom is -0.348 e. The van der Waals surface area contributed by atoms with Gasteiger partial charge in [-0.2, -0.15) is 0 Å². The molecule has 0 bridgehead atoms. The zero-order valence-electron chi connectivity index (χ0n) is 15.5. The van der Waals surface area contributed by atoms with Crippen molar-refractivity contribution in [1.29, 1.82) is 0 Å². The van der Waals surface area contributed by atoms with E-state index in [0.717, 1.165) is 36.8 Å². The Morgan fingerprint density at radius 2 is 2.00 bits per heavy atom. The van der Waals surface area contributed by atoms with Crippen LogP contribution in [0, 0.1) is 11.7 Å². The van der Waals surface area contributed by atoms with Crippen LogP contribution in [0.4, 0.5) is 10.3 Å². The summed E-state index contributed by atoms with van der Waals surface area (Å²) >= 11 is 0. The van der Waals surface area contributed by atoms with Gasteiger partial charge >= 0.3 is 0 Å². The third-order valence-corrected chi connectivity index (χ3v) is 5.17. The second-order valence-corrected chi connectivity index (χ2v) is 7.69. The highest BCUT2D eigenvalue weighted by atomic mass is 19.1. The van der Waals surface area contributed by atoms with Gasteiger partial charge in [-0.25, -0.2) is 9.37 Å². The van der Waals surface area contributed by atoms with E-state index in [4.69, 9.17) is 0 Å². The Morgan fingerprint density at radius 3 is 2.59 bits per heavy atom. The van der Waals surface area contributed by atoms with E-state index in [0.29, 0.717) is 11.9 Å². The van der Waals surface area contributed by atoms with Crippen LogP contribution in [-0.4, -0.2) is 30.0 Å². The molecule has 1 atom stereocenters. The van der Waals surface area contributed by atoms with Gasteiger partial charge in [-0.05, 0) is 54.7 Å². The molecule has 2 fully saturated rings. The normalized spacial score (nSPS) is 17.4. The van der Waals surface area contributed by atoms with Crippen molar-refractivity contribution in [3.63, 3.8) is 0 Å². The Hall–Kier alpha value is -2.70. The van der Waals surface area contributed by atoms with Crippen molar-refractivity contribution >= 4 is 11.9 Å². The molecule has 4 rings (SSSR count). The number of halogens is 1. The van der Waals surface area contributed by atoms with E-state index in [9.17, 15) is 14.0 Å². The number of hydrogen-bond donors (Lipinski definition) is 2. The minimum atomic E-state index is -0.423. The summed E-state index contributed by atoms with van der Waals surface area (Å²) in [6, 6.07) is 6.22. The van der Waals surface area contributed by atoms with Crippen molar-refractivity contribution in [2.45, 2.75) is 37.6 Å². The fourth-order valence-electron chi connectivity index (χ4n) is 3.35. The van der Waals surface area contributed by atoms with E-state index in [1.807, 2.05) is 12.1 Å². The van der Waals surface area contributed by atoms with Crippen molar-refractivity contribution in [2.75, 3.05) is 19.0 Å².